The Balaban J connectivity index is -0.000000345. The van der Waals surface area contributed by atoms with Crippen LogP contribution in [-0.4, -0.2) is 187 Å². The second-order valence-corrected chi connectivity index (χ2v) is 22.1. The Labute approximate surface area is 581 Å². The van der Waals surface area contributed by atoms with Crippen LogP contribution in [0, 0.1) is 30.3 Å². The van der Waals surface area contributed by atoms with Crippen LogP contribution in [0.2, 0.25) is 0 Å². The molecule has 0 amide bonds. The van der Waals surface area contributed by atoms with Crippen LogP contribution in [0.4, 0.5) is 0 Å². The van der Waals surface area contributed by atoms with E-state index in [-0.39, 0.29) is 58.4 Å². The molecule has 0 unspecified atom stereocenters. The number of rotatable bonds is 40. The van der Waals surface area contributed by atoms with Gasteiger partial charge < -0.3 is 129 Å². The molecule has 3 aromatic heterocycles. The molecule has 3 aromatic rings. The van der Waals surface area contributed by atoms with Crippen molar-refractivity contribution in [2.75, 3.05) is 100 Å². The first-order valence-corrected chi connectivity index (χ1v) is 29.4. The van der Waals surface area contributed by atoms with Gasteiger partial charge in [-0.05, 0) is 78.7 Å². The Kier molecular flexibility index (Phi) is 54.4. The topological polar surface area (TPSA) is 532 Å². The second-order valence-electron chi connectivity index (χ2n) is 18.8. The van der Waals surface area contributed by atoms with Crippen LogP contribution >= 0.6 is 35.3 Å². The largest absolute Gasteiger partial charge is 2.00 e. The average molecular weight is 1520 g/mol. The molecule has 3 rings (SSSR count). The maximum absolute atomic E-state index is 10.3. The van der Waals surface area contributed by atoms with E-state index < -0.39 is 87.5 Å². The van der Waals surface area contributed by atoms with Gasteiger partial charge in [0.15, 0.2) is 17.5 Å². The van der Waals surface area contributed by atoms with E-state index in [2.05, 4.69) is 46.6 Å². The number of carbonyl (C=O) groups excluding carboxylic acids is 6. The van der Waals surface area contributed by atoms with Crippen molar-refractivity contribution in [2.24, 2.45) is 0 Å². The number of aliphatic hydroxyl groups is 2. The van der Waals surface area contributed by atoms with Crippen LogP contribution < -0.4 is 62.5 Å². The number of nitrogens with zero attached hydrogens (tertiary/aromatic N) is 6. The van der Waals surface area contributed by atoms with Gasteiger partial charge in [0.2, 0.25) is 0 Å². The predicted molar refractivity (Wildman–Crippen MR) is 312 cm³/mol. The van der Waals surface area contributed by atoms with Crippen LogP contribution in [0.1, 0.15) is 60.2 Å². The summed E-state index contributed by atoms with van der Waals surface area (Å²) in [5.74, 6) is -0.130. The third-order valence-electron chi connectivity index (χ3n) is 10.0. The number of hydrogen-bond acceptors (Lipinski definition) is 35. The van der Waals surface area contributed by atoms with E-state index in [9.17, 15) is 89.7 Å². The standard InChI is InChI=1S/3C13H22N4O3S.2C6H8O7.3Zn/c3*1-14-13(9-17(18)19)15-6-7-21-10-12-5-4-11(20-12)8-16(2)3;2*7-3(8)1-6(13,5(11)12)2-4(9)10;;;/h3*4-5,9,14-15H,6-8,10H2,1-3H3;2*13H,1-2H2,(H,7,8)(H,9,10)(H,11,12);;;/q;;;;;3*+2/p-6. The molecule has 502 valence electrons. The monoisotopic (exact) mass is 1510 g/mol. The predicted octanol–water partition coefficient (Wildman–Crippen LogP) is -6.14. The molecule has 3 heterocycles. The summed E-state index contributed by atoms with van der Waals surface area (Å²) in [5.41, 5.74) is -5.95. The minimum atomic E-state index is -2.97. The maximum atomic E-state index is 10.3. The summed E-state index contributed by atoms with van der Waals surface area (Å²) in [4.78, 5) is 95.8. The van der Waals surface area contributed by atoms with Crippen molar-refractivity contribution in [3.8, 4) is 0 Å². The Bertz CT molecular complexity index is 2480. The molecule has 0 saturated heterocycles. The molecule has 8 N–H and O–H groups in total. The molecule has 92 heavy (non-hydrogen) atoms. The molecule has 0 saturated carbocycles. The van der Waals surface area contributed by atoms with Gasteiger partial charge in [-0.3, -0.25) is 30.3 Å². The maximum Gasteiger partial charge on any atom is 2.00 e. The van der Waals surface area contributed by atoms with E-state index in [1.54, 1.807) is 56.4 Å². The smallest absolute Gasteiger partial charge is 0.550 e. The van der Waals surface area contributed by atoms with Crippen molar-refractivity contribution in [3.05, 3.63) is 137 Å². The fourth-order valence-electron chi connectivity index (χ4n) is 6.26. The van der Waals surface area contributed by atoms with Crippen LogP contribution in [-0.2, 0) is 124 Å². The Hall–Kier alpha value is -6.40. The van der Waals surface area contributed by atoms with E-state index in [4.69, 9.17) is 23.5 Å². The second kappa shape index (κ2) is 53.0. The first kappa shape index (κ1) is 94.3. The number of carboxylic acids is 6. The minimum absolute atomic E-state index is 0. The van der Waals surface area contributed by atoms with Gasteiger partial charge in [0, 0.05) is 108 Å². The van der Waals surface area contributed by atoms with Gasteiger partial charge in [-0.25, -0.2) is 0 Å². The molecule has 0 radical (unpaired) electrons. The Morgan fingerprint density at radius 3 is 0.815 bits per heavy atom. The third kappa shape index (κ3) is 50.2. The number of carboxylic acid groups (broad SMARTS) is 6. The van der Waals surface area contributed by atoms with E-state index >= 15 is 0 Å². The third-order valence-corrected chi connectivity index (χ3v) is 12.9. The zero-order chi connectivity index (χ0) is 68.3. The van der Waals surface area contributed by atoms with Gasteiger partial charge in [0.05, 0.1) is 63.6 Å². The summed E-state index contributed by atoms with van der Waals surface area (Å²) < 4.78 is 17.1. The zero-order valence-corrected chi connectivity index (χ0v) is 63.9. The van der Waals surface area contributed by atoms with Crippen LogP contribution in [0.3, 0.4) is 0 Å². The Morgan fingerprint density at radius 1 is 0.446 bits per heavy atom. The summed E-state index contributed by atoms with van der Waals surface area (Å²) in [7, 11) is 16.9. The summed E-state index contributed by atoms with van der Waals surface area (Å²) in [6.45, 7) is 4.33. The van der Waals surface area contributed by atoms with Gasteiger partial charge in [-0.2, -0.15) is 35.3 Å². The molecule has 0 atom stereocenters. The number of hydrogen-bond donors (Lipinski definition) is 8. The van der Waals surface area contributed by atoms with Crippen LogP contribution in [0.5, 0.6) is 0 Å². The minimum Gasteiger partial charge on any atom is -0.550 e. The quantitative estimate of drug-likeness (QED) is 0.0114. The molecule has 0 aromatic carbocycles. The zero-order valence-electron chi connectivity index (χ0n) is 52.5. The Morgan fingerprint density at radius 2 is 0.652 bits per heavy atom. The van der Waals surface area contributed by atoms with Gasteiger partial charge in [0.1, 0.15) is 45.8 Å². The molecule has 0 aliphatic rings. The summed E-state index contributed by atoms with van der Waals surface area (Å²) in [5, 5.41) is 126. The first-order valence-electron chi connectivity index (χ1n) is 26.0. The fraction of sp³-hybridized carbons (Fsp3) is 0.529. The number of thioether (sulfide) groups is 3. The first-order chi connectivity index (χ1) is 41.6. The number of carbonyl (C=O) groups is 6. The molecule has 41 heteroatoms. The van der Waals surface area contributed by atoms with Gasteiger partial charge in [0.25, 0.3) is 18.6 Å². The number of aliphatic carboxylic acids is 6. The van der Waals surface area contributed by atoms with Crippen LogP contribution in [0.25, 0.3) is 0 Å². The molecule has 0 spiro atoms. The van der Waals surface area contributed by atoms with Crippen molar-refractivity contribution >= 4 is 71.1 Å². The normalized spacial score (nSPS) is 11.1. The molecule has 0 aliphatic carbocycles. The van der Waals surface area contributed by atoms with Gasteiger partial charge >= 0.3 is 58.4 Å². The van der Waals surface area contributed by atoms with E-state index in [0.29, 0.717) is 37.1 Å². The molecule has 0 bridgehead atoms. The SMILES string of the molecule is CNC(=C[N+](=O)[O-])NCCSCc1ccc(CN(C)C)o1.CNC(=C[N+](=O)[O-])NCCSCc1ccc(CN(C)C)o1.CNC(=C[N+](=O)[O-])NCCSCc1ccc(CN(C)C)o1.O=C([O-])CC(O)(CC(=O)[O-])C(=O)[O-].O=C([O-])CC(O)(CC(=O)[O-])C(=O)[O-].[Zn+2].[Zn+2].[Zn+2]. The van der Waals surface area contributed by atoms with E-state index in [1.807, 2.05) is 78.7 Å². The molecule has 0 fully saturated rings. The number of nitrogens with one attached hydrogen (secondary N) is 6. The number of furan rings is 3. The summed E-state index contributed by atoms with van der Waals surface area (Å²) in [6.07, 6.45) is -2.67. The fourth-order valence-corrected chi connectivity index (χ4v) is 8.50. The molecule has 0 aliphatic heterocycles. The molecule has 35 nitrogen and oxygen atoms in total. The van der Waals surface area contributed by atoms with Crippen molar-refractivity contribution in [1.82, 2.24) is 46.6 Å². The van der Waals surface area contributed by atoms with Crippen LogP contribution in [0.15, 0.2) is 85.7 Å². The number of nitro groups is 3. The van der Waals surface area contributed by atoms with Crippen molar-refractivity contribution in [1.29, 1.82) is 0 Å². The summed E-state index contributed by atoms with van der Waals surface area (Å²) >= 11 is 5.15. The van der Waals surface area contributed by atoms with Crippen molar-refractivity contribution in [3.63, 3.8) is 0 Å². The van der Waals surface area contributed by atoms with Gasteiger partial charge in [-0.1, -0.05) is 0 Å². The van der Waals surface area contributed by atoms with Gasteiger partial charge in [-0.15, -0.1) is 0 Å². The van der Waals surface area contributed by atoms with E-state index in [0.717, 1.165) is 107 Å². The van der Waals surface area contributed by atoms with Crippen molar-refractivity contribution in [2.45, 2.75) is 73.8 Å². The van der Waals surface area contributed by atoms with Crippen molar-refractivity contribution < 1.29 is 156 Å². The molecular formula is C51H76N12O23S3Zn3. The molecular weight excluding hydrogens is 1440 g/mol. The average Bonchev–Trinajstić information content (AvgIpc) is 2.03. The van der Waals surface area contributed by atoms with E-state index in [1.165, 1.54) is 0 Å². The summed E-state index contributed by atoms with van der Waals surface area (Å²) in [6, 6.07) is 12.0.